The number of hydrogen-bond donors (Lipinski definition) is 1. The molecule has 2 aromatic carbocycles. The predicted octanol–water partition coefficient (Wildman–Crippen LogP) is 8.90. The standard InChI is InChI=1S/C35H48F4O4/c1-3-41-31-17-16-30(34(38)35(31)39)26-9-13-28(14-10-26)43-22-19-24(5-4-20-40)18-21-42-27-11-7-25(8-12-27)29-15-6-23(2)32(36)33(29)37/h6,15-17,24-28,40H,3-5,7-14,18-22H2,1-2H3. The Morgan fingerprint density at radius 1 is 0.698 bits per heavy atom. The van der Waals surface area contributed by atoms with Crippen LogP contribution in [0.3, 0.4) is 0 Å². The van der Waals surface area contributed by atoms with Gasteiger partial charge in [0.15, 0.2) is 23.2 Å². The zero-order valence-corrected chi connectivity index (χ0v) is 25.7. The van der Waals surface area contributed by atoms with Gasteiger partial charge in [-0.25, -0.2) is 13.2 Å². The summed E-state index contributed by atoms with van der Waals surface area (Å²) in [6.07, 6.45) is 10.0. The van der Waals surface area contributed by atoms with E-state index >= 15 is 0 Å². The van der Waals surface area contributed by atoms with Gasteiger partial charge in [0.1, 0.15) is 0 Å². The number of benzene rings is 2. The van der Waals surface area contributed by atoms with Crippen LogP contribution < -0.4 is 4.74 Å². The van der Waals surface area contributed by atoms with Crippen molar-refractivity contribution in [2.45, 2.75) is 115 Å². The van der Waals surface area contributed by atoms with Crippen LogP contribution in [-0.4, -0.2) is 43.7 Å². The van der Waals surface area contributed by atoms with E-state index in [-0.39, 0.29) is 43.0 Å². The molecule has 4 nitrogen and oxygen atoms in total. The highest BCUT2D eigenvalue weighted by Gasteiger charge is 2.28. The van der Waals surface area contributed by atoms with E-state index in [4.69, 9.17) is 14.2 Å². The van der Waals surface area contributed by atoms with Crippen LogP contribution in [0.4, 0.5) is 17.6 Å². The summed E-state index contributed by atoms with van der Waals surface area (Å²) in [5.41, 5.74) is 1.24. The fraction of sp³-hybridized carbons (Fsp3) is 0.657. The number of aliphatic hydroxyl groups excluding tert-OH is 1. The fourth-order valence-electron chi connectivity index (χ4n) is 6.80. The number of hydrogen-bond acceptors (Lipinski definition) is 4. The highest BCUT2D eigenvalue weighted by molar-refractivity contribution is 5.33. The molecule has 0 amide bonds. The third-order valence-corrected chi connectivity index (χ3v) is 9.44. The first-order valence-electron chi connectivity index (χ1n) is 16.2. The first kappa shape index (κ1) is 33.7. The largest absolute Gasteiger partial charge is 0.491 e. The van der Waals surface area contributed by atoms with Crippen molar-refractivity contribution >= 4 is 0 Å². The summed E-state index contributed by atoms with van der Waals surface area (Å²) in [7, 11) is 0. The molecule has 0 aliphatic heterocycles. The van der Waals surface area contributed by atoms with Gasteiger partial charge in [-0.2, -0.15) is 4.39 Å². The summed E-state index contributed by atoms with van der Waals surface area (Å²) in [5, 5.41) is 9.37. The van der Waals surface area contributed by atoms with Crippen molar-refractivity contribution in [1.29, 1.82) is 0 Å². The van der Waals surface area contributed by atoms with Crippen molar-refractivity contribution in [1.82, 2.24) is 0 Å². The second-order valence-corrected chi connectivity index (χ2v) is 12.3. The molecule has 8 heteroatoms. The van der Waals surface area contributed by atoms with Crippen LogP contribution >= 0.6 is 0 Å². The number of halogens is 4. The number of ether oxygens (including phenoxy) is 3. The van der Waals surface area contributed by atoms with Gasteiger partial charge in [-0.15, -0.1) is 0 Å². The van der Waals surface area contributed by atoms with E-state index in [1.165, 1.54) is 6.07 Å². The molecule has 2 aromatic rings. The summed E-state index contributed by atoms with van der Waals surface area (Å²) in [5.74, 6) is -2.80. The van der Waals surface area contributed by atoms with Crippen LogP contribution in [0.2, 0.25) is 0 Å². The first-order valence-corrected chi connectivity index (χ1v) is 16.2. The molecule has 0 saturated heterocycles. The minimum Gasteiger partial charge on any atom is -0.491 e. The lowest BCUT2D eigenvalue weighted by Gasteiger charge is -2.30. The normalized spacial score (nSPS) is 23.3. The minimum atomic E-state index is -0.905. The number of aryl methyl sites for hydroxylation is 1. The molecule has 2 aliphatic carbocycles. The number of rotatable bonds is 15. The maximum absolute atomic E-state index is 14.7. The summed E-state index contributed by atoms with van der Waals surface area (Å²) in [4.78, 5) is 0. The molecule has 0 spiro atoms. The predicted molar refractivity (Wildman–Crippen MR) is 160 cm³/mol. The lowest BCUT2D eigenvalue weighted by Crippen LogP contribution is -2.24. The van der Waals surface area contributed by atoms with Gasteiger partial charge >= 0.3 is 0 Å². The molecule has 1 unspecified atom stereocenters. The Balaban J connectivity index is 1.15. The van der Waals surface area contributed by atoms with Gasteiger partial charge in [0.25, 0.3) is 0 Å². The van der Waals surface area contributed by atoms with Gasteiger partial charge in [0.05, 0.1) is 18.8 Å². The topological polar surface area (TPSA) is 47.9 Å². The van der Waals surface area contributed by atoms with Gasteiger partial charge in [-0.3, -0.25) is 0 Å². The third kappa shape index (κ3) is 9.18. The Bertz CT molecular complexity index is 1140. The van der Waals surface area contributed by atoms with Gasteiger partial charge in [-0.1, -0.05) is 18.2 Å². The molecule has 4 rings (SSSR count). The molecule has 1 N–H and O–H groups in total. The quantitative estimate of drug-likeness (QED) is 0.205. The van der Waals surface area contributed by atoms with Gasteiger partial charge in [0, 0.05) is 19.8 Å². The van der Waals surface area contributed by atoms with Crippen molar-refractivity contribution in [2.24, 2.45) is 5.92 Å². The Labute approximate surface area is 254 Å². The van der Waals surface area contributed by atoms with Gasteiger partial charge in [0.2, 0.25) is 5.82 Å². The van der Waals surface area contributed by atoms with E-state index in [1.807, 2.05) is 0 Å². The molecule has 0 bridgehead atoms. The van der Waals surface area contributed by atoms with Crippen LogP contribution in [0.25, 0.3) is 0 Å². The lowest BCUT2D eigenvalue weighted by molar-refractivity contribution is 0.00232. The molecule has 0 heterocycles. The summed E-state index contributed by atoms with van der Waals surface area (Å²) in [6, 6.07) is 6.56. The summed E-state index contributed by atoms with van der Waals surface area (Å²) in [6.45, 7) is 5.02. The Hall–Kier alpha value is -2.16. The Morgan fingerprint density at radius 3 is 1.72 bits per heavy atom. The maximum atomic E-state index is 14.7. The highest BCUT2D eigenvalue weighted by atomic mass is 19.2. The second-order valence-electron chi connectivity index (χ2n) is 12.3. The average molecular weight is 609 g/mol. The van der Waals surface area contributed by atoms with Crippen molar-refractivity contribution < 1.29 is 36.9 Å². The fourth-order valence-corrected chi connectivity index (χ4v) is 6.80. The van der Waals surface area contributed by atoms with E-state index in [2.05, 4.69) is 0 Å². The zero-order valence-electron chi connectivity index (χ0n) is 25.7. The summed E-state index contributed by atoms with van der Waals surface area (Å²) >= 11 is 0. The Kier molecular flexibility index (Phi) is 13.2. The van der Waals surface area contributed by atoms with Crippen LogP contribution in [0.1, 0.15) is 112 Å². The zero-order chi connectivity index (χ0) is 30.8. The smallest absolute Gasteiger partial charge is 0.200 e. The van der Waals surface area contributed by atoms with Crippen molar-refractivity contribution in [3.05, 3.63) is 64.2 Å². The van der Waals surface area contributed by atoms with E-state index in [0.717, 1.165) is 77.0 Å². The lowest BCUT2D eigenvalue weighted by atomic mass is 9.82. The monoisotopic (exact) mass is 608 g/mol. The molecule has 1 atom stereocenters. The Morgan fingerprint density at radius 2 is 1.21 bits per heavy atom. The average Bonchev–Trinajstić information content (AvgIpc) is 3.02. The van der Waals surface area contributed by atoms with Crippen molar-refractivity contribution in [3.8, 4) is 5.75 Å². The third-order valence-electron chi connectivity index (χ3n) is 9.44. The first-order chi connectivity index (χ1) is 20.8. The SMILES string of the molecule is CCOc1ccc(C2CCC(OCCC(CCCO)CCOC3CCC(c4ccc(C)c(F)c4F)CC3)CC2)c(F)c1F. The molecule has 2 fully saturated rings. The van der Waals surface area contributed by atoms with E-state index in [0.29, 0.717) is 35.8 Å². The molecular weight excluding hydrogens is 560 g/mol. The van der Waals surface area contributed by atoms with E-state index < -0.39 is 23.3 Å². The van der Waals surface area contributed by atoms with E-state index in [1.54, 1.807) is 32.0 Å². The van der Waals surface area contributed by atoms with Crippen molar-refractivity contribution in [3.63, 3.8) is 0 Å². The second kappa shape index (κ2) is 16.8. The van der Waals surface area contributed by atoms with E-state index in [9.17, 15) is 22.7 Å². The molecule has 43 heavy (non-hydrogen) atoms. The number of aliphatic hydroxyl groups is 1. The summed E-state index contributed by atoms with van der Waals surface area (Å²) < 4.78 is 75.1. The van der Waals surface area contributed by atoms with Crippen LogP contribution in [0, 0.1) is 36.1 Å². The molecule has 2 saturated carbocycles. The van der Waals surface area contributed by atoms with Gasteiger partial charge < -0.3 is 19.3 Å². The van der Waals surface area contributed by atoms with Crippen LogP contribution in [0.15, 0.2) is 24.3 Å². The van der Waals surface area contributed by atoms with Gasteiger partial charge in [-0.05, 0) is 131 Å². The molecule has 0 radical (unpaired) electrons. The van der Waals surface area contributed by atoms with Crippen LogP contribution in [0.5, 0.6) is 5.75 Å². The molecule has 240 valence electrons. The molecule has 2 aliphatic rings. The minimum absolute atomic E-state index is 0.0216. The highest BCUT2D eigenvalue weighted by Crippen LogP contribution is 2.38. The molecular formula is C35H48F4O4. The maximum Gasteiger partial charge on any atom is 0.200 e. The van der Waals surface area contributed by atoms with Crippen molar-refractivity contribution in [2.75, 3.05) is 26.4 Å². The van der Waals surface area contributed by atoms with Crippen LogP contribution in [-0.2, 0) is 9.47 Å². The molecule has 0 aromatic heterocycles.